The highest BCUT2D eigenvalue weighted by Crippen LogP contribution is 2.42. The average Bonchev–Trinajstić information content (AvgIpc) is 2.88. The van der Waals surface area contributed by atoms with E-state index in [9.17, 15) is 29.1 Å². The lowest BCUT2D eigenvalue weighted by molar-refractivity contribution is -0.288. The van der Waals surface area contributed by atoms with Crippen LogP contribution in [0.5, 0.6) is 17.2 Å². The normalized spacial score (nSPS) is 22.1. The van der Waals surface area contributed by atoms with Gasteiger partial charge in [-0.25, -0.2) is 4.79 Å². The van der Waals surface area contributed by atoms with E-state index in [4.69, 9.17) is 37.9 Å². The van der Waals surface area contributed by atoms with Crippen molar-refractivity contribution in [3.8, 4) is 17.2 Å². The third-order valence-electron chi connectivity index (χ3n) is 5.66. The van der Waals surface area contributed by atoms with Gasteiger partial charge in [0.15, 0.2) is 23.7 Å². The van der Waals surface area contributed by atoms with Crippen LogP contribution in [-0.2, 0) is 47.7 Å². The van der Waals surface area contributed by atoms with E-state index in [1.807, 2.05) is 0 Å². The van der Waals surface area contributed by atoms with E-state index in [2.05, 4.69) is 0 Å². The van der Waals surface area contributed by atoms with Crippen molar-refractivity contribution in [2.24, 2.45) is 0 Å². The lowest BCUT2D eigenvalue weighted by Gasteiger charge is -2.44. The molecule has 0 aromatic heterocycles. The van der Waals surface area contributed by atoms with Crippen LogP contribution in [0.2, 0.25) is 0 Å². The number of aliphatic carboxylic acids is 1. The van der Waals surface area contributed by atoms with Crippen molar-refractivity contribution in [2.75, 3.05) is 20.8 Å². The molecule has 2 rings (SSSR count). The quantitative estimate of drug-likeness (QED) is 0.215. The van der Waals surface area contributed by atoms with Gasteiger partial charge in [-0.05, 0) is 30.2 Å². The SMILES string of the molecule is CCC(=Cc1cc(OC)c(O[C@@H]2O[C@H](COC(C)=O)[C@@H](OC(C)=O)[C@H](OC(C)=O)[C@H]2OC(C)=O)c(OC)c1)C(=O)O. The van der Waals surface area contributed by atoms with E-state index >= 15 is 0 Å². The average molecular weight is 583 g/mol. The summed E-state index contributed by atoms with van der Waals surface area (Å²) in [6.07, 6.45) is -5.37. The van der Waals surface area contributed by atoms with Gasteiger partial charge in [0, 0.05) is 33.3 Å². The Morgan fingerprint density at radius 2 is 1.34 bits per heavy atom. The van der Waals surface area contributed by atoms with Gasteiger partial charge in [0.05, 0.1) is 14.2 Å². The Bertz CT molecular complexity index is 1150. The smallest absolute Gasteiger partial charge is 0.331 e. The lowest BCUT2D eigenvalue weighted by atomic mass is 9.98. The Hall–Kier alpha value is -4.33. The molecule has 0 radical (unpaired) electrons. The Labute approximate surface area is 236 Å². The standard InChI is InChI=1S/C27H34O14/c1-8-18(26(32)33)9-17-10-19(34-6)22(20(11-17)35-7)41-27-25(39-16(5)31)24(38-15(4)30)23(37-14(3)29)21(40-27)12-36-13(2)28/h9-11,21,23-25,27H,8,12H2,1-7H3,(H,32,33)/t21-,23-,24+,25-,27+/m1/s1. The Morgan fingerprint density at radius 1 is 0.829 bits per heavy atom. The second kappa shape index (κ2) is 14.9. The number of hydrogen-bond acceptors (Lipinski definition) is 13. The van der Waals surface area contributed by atoms with Gasteiger partial charge in [-0.1, -0.05) is 6.92 Å². The Morgan fingerprint density at radius 3 is 1.78 bits per heavy atom. The molecule has 1 aromatic carbocycles. The van der Waals surface area contributed by atoms with Gasteiger partial charge in [-0.2, -0.15) is 0 Å². The molecule has 0 bridgehead atoms. The summed E-state index contributed by atoms with van der Waals surface area (Å²) >= 11 is 0. The number of hydrogen-bond donors (Lipinski definition) is 1. The van der Waals surface area contributed by atoms with Crippen LogP contribution in [-0.4, -0.2) is 86.5 Å². The predicted molar refractivity (Wildman–Crippen MR) is 138 cm³/mol. The molecule has 5 atom stereocenters. The van der Waals surface area contributed by atoms with Gasteiger partial charge < -0.3 is 43.0 Å². The molecule has 1 aliphatic heterocycles. The summed E-state index contributed by atoms with van der Waals surface area (Å²) in [5, 5.41) is 9.41. The number of carboxylic acids is 1. The molecular formula is C27H34O14. The minimum Gasteiger partial charge on any atom is -0.493 e. The van der Waals surface area contributed by atoms with Crippen molar-refractivity contribution in [1.82, 2.24) is 0 Å². The third-order valence-corrected chi connectivity index (χ3v) is 5.66. The first-order chi connectivity index (χ1) is 19.3. The number of methoxy groups -OCH3 is 2. The molecular weight excluding hydrogens is 548 g/mol. The first-order valence-electron chi connectivity index (χ1n) is 12.5. The van der Waals surface area contributed by atoms with Gasteiger partial charge in [0.2, 0.25) is 18.1 Å². The highest BCUT2D eigenvalue weighted by atomic mass is 16.7. The van der Waals surface area contributed by atoms with Gasteiger partial charge in [0.1, 0.15) is 12.7 Å². The van der Waals surface area contributed by atoms with Crippen LogP contribution in [0.25, 0.3) is 6.08 Å². The van der Waals surface area contributed by atoms with Gasteiger partial charge in [-0.15, -0.1) is 0 Å². The fourth-order valence-corrected chi connectivity index (χ4v) is 4.02. The van der Waals surface area contributed by atoms with Crippen molar-refractivity contribution < 1.29 is 67.0 Å². The molecule has 1 N–H and O–H groups in total. The van der Waals surface area contributed by atoms with Crippen LogP contribution in [0.3, 0.4) is 0 Å². The summed E-state index contributed by atoms with van der Waals surface area (Å²) < 4.78 is 44.2. The molecule has 226 valence electrons. The summed E-state index contributed by atoms with van der Waals surface area (Å²) in [5.41, 5.74) is 0.550. The second-order valence-electron chi connectivity index (χ2n) is 8.77. The van der Waals surface area contributed by atoms with Crippen molar-refractivity contribution in [1.29, 1.82) is 0 Å². The summed E-state index contributed by atoms with van der Waals surface area (Å²) in [4.78, 5) is 59.1. The Balaban J connectivity index is 2.65. The zero-order chi connectivity index (χ0) is 30.9. The van der Waals surface area contributed by atoms with Crippen LogP contribution in [0.1, 0.15) is 46.6 Å². The number of carbonyl (C=O) groups excluding carboxylic acids is 4. The summed E-state index contributed by atoms with van der Waals surface area (Å²) in [5.74, 6) is -4.00. The summed E-state index contributed by atoms with van der Waals surface area (Å²) in [6, 6.07) is 2.98. The van der Waals surface area contributed by atoms with Crippen molar-refractivity contribution >= 4 is 35.9 Å². The molecule has 41 heavy (non-hydrogen) atoms. The van der Waals surface area contributed by atoms with Gasteiger partial charge >= 0.3 is 29.8 Å². The summed E-state index contributed by atoms with van der Waals surface area (Å²) in [6.45, 7) is 5.72. The molecule has 0 amide bonds. The van der Waals surface area contributed by atoms with Crippen LogP contribution in [0.15, 0.2) is 17.7 Å². The van der Waals surface area contributed by atoms with E-state index in [1.165, 1.54) is 32.4 Å². The number of ether oxygens (including phenoxy) is 8. The molecule has 0 aliphatic carbocycles. The van der Waals surface area contributed by atoms with Crippen LogP contribution in [0, 0.1) is 0 Å². The zero-order valence-corrected chi connectivity index (χ0v) is 23.8. The van der Waals surface area contributed by atoms with Crippen molar-refractivity contribution in [3.63, 3.8) is 0 Å². The molecule has 1 fully saturated rings. The van der Waals surface area contributed by atoms with Crippen LogP contribution < -0.4 is 14.2 Å². The maximum atomic E-state index is 12.1. The first kappa shape index (κ1) is 32.9. The molecule has 1 aliphatic rings. The van der Waals surface area contributed by atoms with E-state index in [0.717, 1.165) is 27.7 Å². The van der Waals surface area contributed by atoms with E-state index in [-0.39, 0.29) is 29.2 Å². The molecule has 0 saturated carbocycles. The molecule has 0 unspecified atom stereocenters. The second-order valence-corrected chi connectivity index (χ2v) is 8.77. The lowest BCUT2D eigenvalue weighted by Crippen LogP contribution is -2.63. The topological polar surface area (TPSA) is 179 Å². The van der Waals surface area contributed by atoms with Crippen LogP contribution >= 0.6 is 0 Å². The van der Waals surface area contributed by atoms with Gasteiger partial charge in [-0.3, -0.25) is 19.2 Å². The fraction of sp³-hybridized carbons (Fsp3) is 0.519. The minimum absolute atomic E-state index is 0.0403. The number of rotatable bonds is 12. The zero-order valence-electron chi connectivity index (χ0n) is 23.8. The molecule has 1 aromatic rings. The molecule has 1 heterocycles. The Kier molecular flexibility index (Phi) is 11.9. The van der Waals surface area contributed by atoms with E-state index in [0.29, 0.717) is 5.56 Å². The highest BCUT2D eigenvalue weighted by molar-refractivity contribution is 5.92. The fourth-order valence-electron chi connectivity index (χ4n) is 4.02. The minimum atomic E-state index is -1.54. The number of esters is 4. The van der Waals surface area contributed by atoms with E-state index < -0.39 is 67.2 Å². The number of carbonyl (C=O) groups is 5. The maximum Gasteiger partial charge on any atom is 0.331 e. The van der Waals surface area contributed by atoms with Crippen molar-refractivity contribution in [3.05, 3.63) is 23.3 Å². The highest BCUT2D eigenvalue weighted by Gasteiger charge is 2.53. The maximum absolute atomic E-state index is 12.1. The molecule has 14 nitrogen and oxygen atoms in total. The first-order valence-corrected chi connectivity index (χ1v) is 12.5. The largest absolute Gasteiger partial charge is 0.493 e. The molecule has 0 spiro atoms. The number of benzene rings is 1. The third kappa shape index (κ3) is 9.10. The monoisotopic (exact) mass is 582 g/mol. The molecule has 14 heteroatoms. The molecule has 1 saturated heterocycles. The predicted octanol–water partition coefficient (Wildman–Crippen LogP) is 2.04. The van der Waals surface area contributed by atoms with Crippen molar-refractivity contribution in [2.45, 2.75) is 71.7 Å². The summed E-state index contributed by atoms with van der Waals surface area (Å²) in [7, 11) is 2.67. The number of carboxylic acid groups (broad SMARTS) is 1. The van der Waals surface area contributed by atoms with E-state index in [1.54, 1.807) is 6.92 Å². The van der Waals surface area contributed by atoms with Crippen LogP contribution in [0.4, 0.5) is 0 Å². The van der Waals surface area contributed by atoms with Gasteiger partial charge in [0.25, 0.3) is 0 Å².